The summed E-state index contributed by atoms with van der Waals surface area (Å²) < 4.78 is 10.7. The molecule has 1 atom stereocenters. The highest BCUT2D eigenvalue weighted by Crippen LogP contribution is 2.36. The van der Waals surface area contributed by atoms with Crippen molar-refractivity contribution >= 4 is 5.91 Å². The molecule has 0 saturated heterocycles. The van der Waals surface area contributed by atoms with Gasteiger partial charge in [-0.15, -0.1) is 0 Å². The maximum atomic E-state index is 13.3. The van der Waals surface area contributed by atoms with Crippen LogP contribution in [0.5, 0.6) is 5.75 Å². The first-order chi connectivity index (χ1) is 13.7. The minimum atomic E-state index is -0.120. The molecule has 28 heavy (non-hydrogen) atoms. The normalized spacial score (nSPS) is 14.5. The van der Waals surface area contributed by atoms with Crippen LogP contribution in [0.1, 0.15) is 35.9 Å². The topological polar surface area (TPSA) is 55.6 Å². The van der Waals surface area contributed by atoms with Crippen molar-refractivity contribution in [1.82, 2.24) is 10.1 Å². The molecule has 1 aromatic heterocycles. The van der Waals surface area contributed by atoms with E-state index < -0.39 is 0 Å². The highest BCUT2D eigenvalue weighted by molar-refractivity contribution is 5.92. The van der Waals surface area contributed by atoms with E-state index in [0.717, 1.165) is 16.9 Å². The van der Waals surface area contributed by atoms with Crippen LogP contribution in [0.25, 0.3) is 11.3 Å². The third-order valence-corrected chi connectivity index (χ3v) is 5.36. The fraction of sp³-hybridized carbons (Fsp3) is 0.304. The van der Waals surface area contributed by atoms with Gasteiger partial charge in [-0.05, 0) is 43.4 Å². The largest absolute Gasteiger partial charge is 0.497 e. The number of benzene rings is 2. The molecule has 5 heteroatoms. The van der Waals surface area contributed by atoms with E-state index in [1.807, 2.05) is 59.5 Å². The summed E-state index contributed by atoms with van der Waals surface area (Å²) in [5.74, 6) is 1.52. The van der Waals surface area contributed by atoms with E-state index in [0.29, 0.717) is 18.2 Å². The van der Waals surface area contributed by atoms with Gasteiger partial charge in [0.2, 0.25) is 5.76 Å². The van der Waals surface area contributed by atoms with Crippen LogP contribution in [0.4, 0.5) is 0 Å². The summed E-state index contributed by atoms with van der Waals surface area (Å²) in [7, 11) is 1.65. The molecule has 1 amide bonds. The number of rotatable bonds is 7. The van der Waals surface area contributed by atoms with Crippen molar-refractivity contribution in [2.24, 2.45) is 5.92 Å². The molecular weight excluding hydrogens is 352 g/mol. The minimum Gasteiger partial charge on any atom is -0.497 e. The van der Waals surface area contributed by atoms with Gasteiger partial charge < -0.3 is 14.2 Å². The van der Waals surface area contributed by atoms with E-state index in [2.05, 4.69) is 12.1 Å². The third-order valence-electron chi connectivity index (χ3n) is 5.36. The molecule has 1 unspecified atom stereocenters. The van der Waals surface area contributed by atoms with Crippen LogP contribution < -0.4 is 4.74 Å². The van der Waals surface area contributed by atoms with E-state index in [1.54, 1.807) is 13.2 Å². The number of carbonyl (C=O) groups is 1. The average Bonchev–Trinajstić information content (AvgIpc) is 3.48. The Bertz CT molecular complexity index is 930. The summed E-state index contributed by atoms with van der Waals surface area (Å²) >= 11 is 0. The highest BCUT2D eigenvalue weighted by Gasteiger charge is 2.35. The van der Waals surface area contributed by atoms with Crippen molar-refractivity contribution in [3.63, 3.8) is 0 Å². The second kappa shape index (κ2) is 7.89. The van der Waals surface area contributed by atoms with Crippen LogP contribution in [0.2, 0.25) is 0 Å². The second-order valence-electron chi connectivity index (χ2n) is 7.30. The van der Waals surface area contributed by atoms with Crippen molar-refractivity contribution < 1.29 is 14.1 Å². The maximum absolute atomic E-state index is 13.3. The van der Waals surface area contributed by atoms with Gasteiger partial charge in [0.05, 0.1) is 7.11 Å². The molecule has 144 valence electrons. The first-order valence-corrected chi connectivity index (χ1v) is 9.61. The van der Waals surface area contributed by atoms with Gasteiger partial charge in [0, 0.05) is 24.2 Å². The SMILES string of the molecule is COc1ccc(CN(C(=O)c2cc(-c3ccccc3)no2)C(C)C2CC2)cc1. The zero-order valence-corrected chi connectivity index (χ0v) is 16.2. The molecule has 5 nitrogen and oxygen atoms in total. The number of carbonyl (C=O) groups excluding carboxylic acids is 1. The number of hydrogen-bond donors (Lipinski definition) is 0. The Morgan fingerprint density at radius 3 is 2.54 bits per heavy atom. The zero-order chi connectivity index (χ0) is 19.5. The standard InChI is InChI=1S/C23H24N2O3/c1-16(18-10-11-18)25(15-17-8-12-20(27-2)13-9-17)23(26)22-14-21(24-28-22)19-6-4-3-5-7-19/h3-9,12-14,16,18H,10-11,15H2,1-2H3. The van der Waals surface area contributed by atoms with Crippen molar-refractivity contribution in [3.8, 4) is 17.0 Å². The van der Waals surface area contributed by atoms with Crippen molar-refractivity contribution in [1.29, 1.82) is 0 Å². The van der Waals surface area contributed by atoms with E-state index in [-0.39, 0.29) is 17.7 Å². The van der Waals surface area contributed by atoms with Crippen molar-refractivity contribution in [2.75, 3.05) is 7.11 Å². The predicted molar refractivity (Wildman–Crippen MR) is 107 cm³/mol. The Hall–Kier alpha value is -3.08. The monoisotopic (exact) mass is 376 g/mol. The van der Waals surface area contributed by atoms with Crippen molar-refractivity contribution in [3.05, 3.63) is 72.0 Å². The van der Waals surface area contributed by atoms with E-state index >= 15 is 0 Å². The van der Waals surface area contributed by atoms with Crippen LogP contribution in [0, 0.1) is 5.92 Å². The lowest BCUT2D eigenvalue weighted by atomic mass is 10.1. The molecule has 0 spiro atoms. The molecule has 3 aromatic rings. The molecule has 0 N–H and O–H groups in total. The summed E-state index contributed by atoms with van der Waals surface area (Å²) in [5.41, 5.74) is 2.67. The molecule has 1 heterocycles. The van der Waals surface area contributed by atoms with E-state index in [1.165, 1.54) is 12.8 Å². The quantitative estimate of drug-likeness (QED) is 0.595. The Kier molecular flexibility index (Phi) is 5.15. The van der Waals surface area contributed by atoms with Crippen molar-refractivity contribution in [2.45, 2.75) is 32.4 Å². The van der Waals surface area contributed by atoms with Gasteiger partial charge in [0.1, 0.15) is 11.4 Å². The zero-order valence-electron chi connectivity index (χ0n) is 16.2. The number of nitrogens with zero attached hydrogens (tertiary/aromatic N) is 2. The summed E-state index contributed by atoms with van der Waals surface area (Å²) in [6, 6.07) is 19.4. The summed E-state index contributed by atoms with van der Waals surface area (Å²) in [4.78, 5) is 15.2. The smallest absolute Gasteiger partial charge is 0.293 e. The van der Waals surface area contributed by atoms with Gasteiger partial charge in [-0.3, -0.25) is 4.79 Å². The first-order valence-electron chi connectivity index (χ1n) is 9.61. The molecule has 1 fully saturated rings. The molecule has 4 rings (SSSR count). The van der Waals surface area contributed by atoms with Gasteiger partial charge in [-0.25, -0.2) is 0 Å². The number of ether oxygens (including phenoxy) is 1. The molecule has 0 aliphatic heterocycles. The van der Waals surface area contributed by atoms with Gasteiger partial charge >= 0.3 is 0 Å². The highest BCUT2D eigenvalue weighted by atomic mass is 16.5. The lowest BCUT2D eigenvalue weighted by molar-refractivity contribution is 0.0611. The molecule has 2 aromatic carbocycles. The maximum Gasteiger partial charge on any atom is 0.293 e. The lowest BCUT2D eigenvalue weighted by Gasteiger charge is -2.28. The van der Waals surface area contributed by atoms with Crippen LogP contribution in [0.15, 0.2) is 65.2 Å². The fourth-order valence-electron chi connectivity index (χ4n) is 3.42. The van der Waals surface area contributed by atoms with Gasteiger partial charge in [-0.1, -0.05) is 47.6 Å². The molecular formula is C23H24N2O3. The van der Waals surface area contributed by atoms with Crippen LogP contribution >= 0.6 is 0 Å². The molecule has 0 radical (unpaired) electrons. The summed E-state index contributed by atoms with van der Waals surface area (Å²) in [6.07, 6.45) is 2.33. The van der Waals surface area contributed by atoms with Gasteiger partial charge in [-0.2, -0.15) is 0 Å². The van der Waals surface area contributed by atoms with Crippen LogP contribution in [-0.2, 0) is 6.54 Å². The third kappa shape index (κ3) is 3.93. The molecule has 0 bridgehead atoms. The van der Waals surface area contributed by atoms with E-state index in [4.69, 9.17) is 9.26 Å². The minimum absolute atomic E-state index is 0.120. The number of aromatic nitrogens is 1. The number of amides is 1. The summed E-state index contributed by atoms with van der Waals surface area (Å²) in [6.45, 7) is 2.65. The fourth-order valence-corrected chi connectivity index (χ4v) is 3.42. The molecule has 1 aliphatic carbocycles. The van der Waals surface area contributed by atoms with Gasteiger partial charge in [0.15, 0.2) is 0 Å². The Balaban J connectivity index is 1.57. The number of hydrogen-bond acceptors (Lipinski definition) is 4. The second-order valence-corrected chi connectivity index (χ2v) is 7.30. The van der Waals surface area contributed by atoms with E-state index in [9.17, 15) is 4.79 Å². The Morgan fingerprint density at radius 1 is 1.18 bits per heavy atom. The predicted octanol–water partition coefficient (Wildman–Crippen LogP) is 4.79. The van der Waals surface area contributed by atoms with Crippen LogP contribution in [0.3, 0.4) is 0 Å². The Labute approximate surface area is 164 Å². The Morgan fingerprint density at radius 2 is 1.89 bits per heavy atom. The molecule has 1 saturated carbocycles. The first kappa shape index (κ1) is 18.3. The van der Waals surface area contributed by atoms with Crippen LogP contribution in [-0.4, -0.2) is 29.1 Å². The lowest BCUT2D eigenvalue weighted by Crippen LogP contribution is -2.39. The summed E-state index contributed by atoms with van der Waals surface area (Å²) in [5, 5.41) is 4.10. The number of methoxy groups -OCH3 is 1. The average molecular weight is 376 g/mol. The molecule has 1 aliphatic rings. The van der Waals surface area contributed by atoms with Gasteiger partial charge in [0.25, 0.3) is 5.91 Å².